The van der Waals surface area contributed by atoms with Gasteiger partial charge >= 0.3 is 12.3 Å². The van der Waals surface area contributed by atoms with Crippen LogP contribution in [0.1, 0.15) is 22.7 Å². The normalized spacial score (nSPS) is 12.6. The second-order valence-electron chi connectivity index (χ2n) is 7.51. The Labute approximate surface area is 194 Å². The number of aryl methyl sites for hydroxylation is 1. The molecule has 2 N–H and O–H groups in total. The van der Waals surface area contributed by atoms with E-state index in [1.165, 1.54) is 29.7 Å². The molecule has 7 nitrogen and oxygen atoms in total. The van der Waals surface area contributed by atoms with E-state index in [4.69, 9.17) is 5.11 Å². The van der Waals surface area contributed by atoms with Crippen LogP contribution in [0, 0.1) is 5.95 Å². The average Bonchev–Trinajstić information content (AvgIpc) is 3.25. The van der Waals surface area contributed by atoms with Crippen molar-refractivity contribution in [2.75, 3.05) is 0 Å². The van der Waals surface area contributed by atoms with Crippen molar-refractivity contribution in [1.82, 2.24) is 25.5 Å². The molecule has 3 aromatic heterocycles. The van der Waals surface area contributed by atoms with Crippen molar-refractivity contribution in [2.24, 2.45) is 0 Å². The van der Waals surface area contributed by atoms with Crippen LogP contribution < -0.4 is 5.32 Å². The lowest BCUT2D eigenvalue weighted by molar-refractivity contribution is -0.141. The number of nitrogens with zero attached hydrogens (tertiary/aromatic N) is 4. The summed E-state index contributed by atoms with van der Waals surface area (Å²) in [4.78, 5) is 18.2. The van der Waals surface area contributed by atoms with E-state index in [-0.39, 0.29) is 6.42 Å². The molecule has 12 heteroatoms. The molecule has 0 saturated carbocycles. The minimum absolute atomic E-state index is 0.174. The summed E-state index contributed by atoms with van der Waals surface area (Å²) < 4.78 is 51.5. The summed E-state index contributed by atoms with van der Waals surface area (Å²) in [6.07, 6.45) is -2.29. The van der Waals surface area contributed by atoms with Crippen molar-refractivity contribution in [3.8, 4) is 10.6 Å². The van der Waals surface area contributed by atoms with E-state index >= 15 is 0 Å². The molecule has 1 amide bonds. The highest BCUT2D eigenvalue weighted by Gasteiger charge is 2.32. The largest absolute Gasteiger partial charge is 0.465 e. The van der Waals surface area contributed by atoms with Crippen LogP contribution in [-0.4, -0.2) is 37.4 Å². The van der Waals surface area contributed by atoms with Crippen LogP contribution in [-0.2, 0) is 19.0 Å². The number of hydrogen-bond acceptors (Lipinski definition) is 6. The molecule has 1 atom stereocenters. The van der Waals surface area contributed by atoms with Crippen LogP contribution in [0.2, 0.25) is 0 Å². The molecule has 0 aliphatic heterocycles. The van der Waals surface area contributed by atoms with E-state index in [0.717, 1.165) is 23.2 Å². The van der Waals surface area contributed by atoms with Gasteiger partial charge in [-0.2, -0.15) is 17.6 Å². The third-order valence-corrected chi connectivity index (χ3v) is 6.07. The first kappa shape index (κ1) is 23.5. The highest BCUT2D eigenvalue weighted by molar-refractivity contribution is 7.14. The molecule has 0 bridgehead atoms. The summed E-state index contributed by atoms with van der Waals surface area (Å²) in [6, 6.07) is 8.36. The number of alkyl halides is 3. The van der Waals surface area contributed by atoms with E-state index in [9.17, 15) is 22.4 Å². The molecule has 0 radical (unpaired) electrons. The lowest BCUT2D eigenvalue weighted by atomic mass is 10.0. The Kier molecular flexibility index (Phi) is 6.68. The number of amides is 1. The van der Waals surface area contributed by atoms with E-state index in [1.807, 2.05) is 12.1 Å². The van der Waals surface area contributed by atoms with E-state index in [1.54, 1.807) is 6.07 Å². The van der Waals surface area contributed by atoms with Gasteiger partial charge in [0.05, 0.1) is 0 Å². The number of benzene rings is 1. The Morgan fingerprint density at radius 2 is 1.88 bits per heavy atom. The van der Waals surface area contributed by atoms with Gasteiger partial charge in [0.15, 0.2) is 0 Å². The zero-order valence-electron chi connectivity index (χ0n) is 17.4. The molecule has 0 saturated heterocycles. The second-order valence-corrected chi connectivity index (χ2v) is 8.57. The zero-order valence-corrected chi connectivity index (χ0v) is 18.2. The first-order chi connectivity index (χ1) is 16.2. The van der Waals surface area contributed by atoms with Crippen LogP contribution in [0.5, 0.6) is 0 Å². The third kappa shape index (κ3) is 5.81. The summed E-state index contributed by atoms with van der Waals surface area (Å²) >= 11 is 1.33. The lowest BCUT2D eigenvalue weighted by Gasteiger charge is -2.16. The molecular weight excluding hydrogens is 474 g/mol. The van der Waals surface area contributed by atoms with Crippen molar-refractivity contribution in [3.05, 3.63) is 71.0 Å². The van der Waals surface area contributed by atoms with Gasteiger partial charge in [0.1, 0.15) is 15.7 Å². The maximum absolute atomic E-state index is 13.4. The molecule has 0 unspecified atom stereocenters. The van der Waals surface area contributed by atoms with E-state index in [2.05, 4.69) is 25.5 Å². The van der Waals surface area contributed by atoms with Gasteiger partial charge in [-0.15, -0.1) is 10.2 Å². The second kappa shape index (κ2) is 9.67. The lowest BCUT2D eigenvalue weighted by Crippen LogP contribution is -2.35. The number of halogens is 4. The van der Waals surface area contributed by atoms with Gasteiger partial charge in [-0.1, -0.05) is 29.5 Å². The van der Waals surface area contributed by atoms with Crippen molar-refractivity contribution < 1.29 is 27.5 Å². The Hall–Kier alpha value is -3.67. The molecule has 4 aromatic rings. The summed E-state index contributed by atoms with van der Waals surface area (Å²) in [5, 5.41) is 22.6. The number of rotatable bonds is 7. The molecule has 0 fully saturated rings. The van der Waals surface area contributed by atoms with Gasteiger partial charge in [0.2, 0.25) is 5.95 Å². The number of fused-ring (bicyclic) bond motifs is 1. The average molecular weight is 491 g/mol. The molecule has 0 spiro atoms. The minimum Gasteiger partial charge on any atom is -0.465 e. The predicted octanol–water partition coefficient (Wildman–Crippen LogP) is 5.12. The quantitative estimate of drug-likeness (QED) is 0.275. The zero-order chi connectivity index (χ0) is 24.3. The van der Waals surface area contributed by atoms with Crippen molar-refractivity contribution >= 4 is 28.2 Å². The number of nitrogens with one attached hydrogen (secondary N) is 1. The Morgan fingerprint density at radius 3 is 2.59 bits per heavy atom. The standard InChI is InChI=1S/C22H17F4N5O2S/c23-18-9-15-8-13(2-3-14(15)11-28-18)20-31-30-19(34-20)6-4-16(29-21(32)33)7-12-1-5-17(27-10-12)22(24,25)26/h1-3,5,8-11,16,29H,4,6-7H2,(H,32,33)/t16-/m1/s1. The number of carboxylic acid groups (broad SMARTS) is 1. The van der Waals surface area contributed by atoms with Crippen LogP contribution in [0.4, 0.5) is 22.4 Å². The van der Waals surface area contributed by atoms with Crippen LogP contribution in [0.3, 0.4) is 0 Å². The predicted molar refractivity (Wildman–Crippen MR) is 117 cm³/mol. The first-order valence-corrected chi connectivity index (χ1v) is 10.9. The van der Waals surface area contributed by atoms with Crippen molar-refractivity contribution in [1.29, 1.82) is 0 Å². The van der Waals surface area contributed by atoms with Crippen molar-refractivity contribution in [2.45, 2.75) is 31.5 Å². The highest BCUT2D eigenvalue weighted by atomic mass is 32.1. The molecule has 3 heterocycles. The van der Waals surface area contributed by atoms with Crippen LogP contribution in [0.15, 0.2) is 48.8 Å². The van der Waals surface area contributed by atoms with Gasteiger partial charge in [-0.3, -0.25) is 4.98 Å². The van der Waals surface area contributed by atoms with Gasteiger partial charge in [0, 0.05) is 41.9 Å². The van der Waals surface area contributed by atoms with E-state index < -0.39 is 30.0 Å². The first-order valence-electron chi connectivity index (χ1n) is 10.1. The topological polar surface area (TPSA) is 101 Å². The summed E-state index contributed by atoms with van der Waals surface area (Å²) in [5.74, 6) is -0.581. The summed E-state index contributed by atoms with van der Waals surface area (Å²) in [6.45, 7) is 0. The van der Waals surface area contributed by atoms with Crippen LogP contribution >= 0.6 is 11.3 Å². The minimum atomic E-state index is -4.54. The molecule has 0 aliphatic carbocycles. The van der Waals surface area contributed by atoms with Crippen LogP contribution in [0.25, 0.3) is 21.3 Å². The Bertz CT molecular complexity index is 1310. The van der Waals surface area contributed by atoms with Gasteiger partial charge < -0.3 is 10.4 Å². The molecule has 1 aromatic carbocycles. The fourth-order valence-electron chi connectivity index (χ4n) is 3.41. The number of carbonyl (C=O) groups is 1. The maximum atomic E-state index is 13.4. The summed E-state index contributed by atoms with van der Waals surface area (Å²) in [5.41, 5.74) is 0.230. The molecule has 34 heavy (non-hydrogen) atoms. The van der Waals surface area contributed by atoms with E-state index in [0.29, 0.717) is 33.8 Å². The van der Waals surface area contributed by atoms with Gasteiger partial charge in [-0.25, -0.2) is 9.78 Å². The molecule has 176 valence electrons. The molecular formula is C22H17F4N5O2S. The Morgan fingerprint density at radius 1 is 1.06 bits per heavy atom. The molecule has 0 aliphatic rings. The van der Waals surface area contributed by atoms with Gasteiger partial charge in [0.25, 0.3) is 0 Å². The summed E-state index contributed by atoms with van der Waals surface area (Å²) in [7, 11) is 0. The number of pyridine rings is 2. The Balaban J connectivity index is 1.44. The smallest absolute Gasteiger partial charge is 0.433 e. The maximum Gasteiger partial charge on any atom is 0.433 e. The number of aromatic nitrogens is 4. The van der Waals surface area contributed by atoms with Crippen molar-refractivity contribution in [3.63, 3.8) is 0 Å². The third-order valence-electron chi connectivity index (χ3n) is 5.03. The highest BCUT2D eigenvalue weighted by Crippen LogP contribution is 2.29. The SMILES string of the molecule is O=C(O)N[C@H](CCc1nnc(-c2ccc3cnc(F)cc3c2)s1)Cc1ccc(C(F)(F)F)nc1. The molecule has 4 rings (SSSR count). The fourth-order valence-corrected chi connectivity index (χ4v) is 4.26. The number of hydrogen-bond donors (Lipinski definition) is 2. The monoisotopic (exact) mass is 491 g/mol. The fraction of sp³-hybridized carbons (Fsp3) is 0.227. The van der Waals surface area contributed by atoms with Gasteiger partial charge in [-0.05, 0) is 35.9 Å².